The van der Waals surface area contributed by atoms with E-state index in [1.54, 1.807) is 42.5 Å². The number of hydrogen-bond donors (Lipinski definition) is 3. The minimum Gasteiger partial charge on any atom is -0.506 e. The topological polar surface area (TPSA) is 125 Å². The van der Waals surface area contributed by atoms with E-state index in [1.165, 1.54) is 45.2 Å². The number of amides is 2. The SMILES string of the molecule is CC(=O)Nc1cc(Cl)c(NC(=O)C(C)Oc2ccc(N(C)S(=O)(=O)c3ccccc3)cc2)cc1O. The van der Waals surface area contributed by atoms with Crippen molar-refractivity contribution in [3.8, 4) is 11.5 Å². The molecule has 3 rings (SSSR count). The van der Waals surface area contributed by atoms with Crippen molar-refractivity contribution in [2.24, 2.45) is 0 Å². The fourth-order valence-electron chi connectivity index (χ4n) is 3.06. The molecule has 1 atom stereocenters. The number of nitrogens with one attached hydrogen (secondary N) is 2. The predicted molar refractivity (Wildman–Crippen MR) is 135 cm³/mol. The first-order chi connectivity index (χ1) is 16.5. The molecule has 0 heterocycles. The third-order valence-electron chi connectivity index (χ3n) is 4.94. The van der Waals surface area contributed by atoms with Crippen LogP contribution in [0.5, 0.6) is 11.5 Å². The van der Waals surface area contributed by atoms with E-state index in [0.29, 0.717) is 11.4 Å². The number of rotatable bonds is 8. The molecule has 184 valence electrons. The lowest BCUT2D eigenvalue weighted by Crippen LogP contribution is -2.30. The first-order valence-electron chi connectivity index (χ1n) is 10.4. The number of nitrogens with zero attached hydrogens (tertiary/aromatic N) is 1. The summed E-state index contributed by atoms with van der Waals surface area (Å²) in [7, 11) is -2.27. The van der Waals surface area contributed by atoms with Crippen LogP contribution < -0.4 is 19.7 Å². The highest BCUT2D eigenvalue weighted by Gasteiger charge is 2.22. The fraction of sp³-hybridized carbons (Fsp3) is 0.167. The van der Waals surface area contributed by atoms with E-state index in [9.17, 15) is 23.1 Å². The molecule has 35 heavy (non-hydrogen) atoms. The van der Waals surface area contributed by atoms with Gasteiger partial charge in [-0.2, -0.15) is 0 Å². The van der Waals surface area contributed by atoms with Crippen LogP contribution in [0, 0.1) is 0 Å². The van der Waals surface area contributed by atoms with E-state index < -0.39 is 22.0 Å². The number of ether oxygens (including phenoxy) is 1. The van der Waals surface area contributed by atoms with E-state index in [4.69, 9.17) is 16.3 Å². The predicted octanol–water partition coefficient (Wildman–Crippen LogP) is 4.24. The number of halogens is 1. The lowest BCUT2D eigenvalue weighted by Gasteiger charge is -2.20. The van der Waals surface area contributed by atoms with E-state index in [2.05, 4.69) is 10.6 Å². The summed E-state index contributed by atoms with van der Waals surface area (Å²) in [5.74, 6) is -0.841. The van der Waals surface area contributed by atoms with Gasteiger partial charge in [0.1, 0.15) is 11.5 Å². The highest BCUT2D eigenvalue weighted by atomic mass is 35.5. The normalized spacial score (nSPS) is 11.9. The van der Waals surface area contributed by atoms with E-state index in [0.717, 1.165) is 4.31 Å². The quantitative estimate of drug-likeness (QED) is 0.384. The first kappa shape index (κ1) is 25.9. The second-order valence-corrected chi connectivity index (χ2v) is 9.94. The van der Waals surface area contributed by atoms with Gasteiger partial charge in [-0.05, 0) is 49.4 Å². The van der Waals surface area contributed by atoms with E-state index >= 15 is 0 Å². The average Bonchev–Trinajstić information content (AvgIpc) is 2.82. The number of anilines is 3. The number of carbonyl (C=O) groups excluding carboxylic acids is 2. The molecule has 0 spiro atoms. The van der Waals surface area contributed by atoms with Crippen LogP contribution in [0.2, 0.25) is 5.02 Å². The lowest BCUT2D eigenvalue weighted by atomic mass is 10.2. The molecule has 0 bridgehead atoms. The van der Waals surface area contributed by atoms with Crippen molar-refractivity contribution in [2.75, 3.05) is 22.0 Å². The fourth-order valence-corrected chi connectivity index (χ4v) is 4.49. The molecule has 3 aromatic rings. The Kier molecular flexibility index (Phi) is 7.88. The Bertz CT molecular complexity index is 1330. The van der Waals surface area contributed by atoms with Crippen molar-refractivity contribution >= 4 is 50.5 Å². The third kappa shape index (κ3) is 6.23. The molecule has 3 N–H and O–H groups in total. The van der Waals surface area contributed by atoms with Crippen molar-refractivity contribution in [3.05, 3.63) is 71.8 Å². The summed E-state index contributed by atoms with van der Waals surface area (Å²) in [5, 5.41) is 15.2. The van der Waals surface area contributed by atoms with Crippen LogP contribution in [-0.4, -0.2) is 38.5 Å². The van der Waals surface area contributed by atoms with Gasteiger partial charge in [-0.25, -0.2) is 8.42 Å². The zero-order chi connectivity index (χ0) is 25.8. The average molecular weight is 518 g/mol. The summed E-state index contributed by atoms with van der Waals surface area (Å²) >= 11 is 6.15. The van der Waals surface area contributed by atoms with Crippen LogP contribution in [0.1, 0.15) is 13.8 Å². The van der Waals surface area contributed by atoms with Gasteiger partial charge in [0.05, 0.1) is 27.0 Å². The van der Waals surface area contributed by atoms with Gasteiger partial charge in [-0.15, -0.1) is 0 Å². The maximum Gasteiger partial charge on any atom is 0.265 e. The van der Waals surface area contributed by atoms with Crippen LogP contribution >= 0.6 is 11.6 Å². The Hall–Kier alpha value is -3.76. The van der Waals surface area contributed by atoms with Crippen molar-refractivity contribution in [3.63, 3.8) is 0 Å². The molecule has 0 aliphatic rings. The van der Waals surface area contributed by atoms with Gasteiger partial charge in [0.15, 0.2) is 6.10 Å². The lowest BCUT2D eigenvalue weighted by molar-refractivity contribution is -0.122. The Morgan fingerprint density at radius 2 is 1.63 bits per heavy atom. The monoisotopic (exact) mass is 517 g/mol. The van der Waals surface area contributed by atoms with Crippen LogP contribution in [0.4, 0.5) is 17.1 Å². The molecule has 11 heteroatoms. The highest BCUT2D eigenvalue weighted by Crippen LogP contribution is 2.34. The molecule has 0 fully saturated rings. The summed E-state index contributed by atoms with van der Waals surface area (Å²) in [6, 6.07) is 16.8. The van der Waals surface area contributed by atoms with Crippen molar-refractivity contribution < 1.29 is 27.9 Å². The standard InChI is InChI=1S/C24H24ClN3O6S/c1-15(24(31)27-21-14-23(30)22(13-20(21)25)26-16(2)29)34-18-11-9-17(10-12-18)28(3)35(32,33)19-7-5-4-6-8-19/h4-15,30H,1-3H3,(H,26,29)(H,27,31). The summed E-state index contributed by atoms with van der Waals surface area (Å²) < 4.78 is 32.4. The molecular formula is C24H24ClN3O6S. The van der Waals surface area contributed by atoms with Crippen LogP contribution in [0.25, 0.3) is 0 Å². The Morgan fingerprint density at radius 1 is 1.00 bits per heavy atom. The molecule has 0 aliphatic heterocycles. The maximum atomic E-state index is 12.8. The summed E-state index contributed by atoms with van der Waals surface area (Å²) in [6.45, 7) is 2.81. The molecule has 0 aromatic heterocycles. The molecule has 3 aromatic carbocycles. The van der Waals surface area contributed by atoms with E-state index in [-0.39, 0.29) is 32.9 Å². The van der Waals surface area contributed by atoms with Crippen molar-refractivity contribution in [1.82, 2.24) is 0 Å². The van der Waals surface area contributed by atoms with Crippen molar-refractivity contribution in [1.29, 1.82) is 0 Å². The number of phenolic OH excluding ortho intramolecular Hbond substituents is 1. The molecule has 9 nitrogen and oxygen atoms in total. The van der Waals surface area contributed by atoms with Gasteiger partial charge in [0.25, 0.3) is 15.9 Å². The summed E-state index contributed by atoms with van der Waals surface area (Å²) in [5.41, 5.74) is 0.672. The number of carbonyl (C=O) groups is 2. The molecule has 0 radical (unpaired) electrons. The number of aromatic hydroxyl groups is 1. The minimum atomic E-state index is -3.72. The number of benzene rings is 3. The first-order valence-corrected chi connectivity index (χ1v) is 12.2. The molecule has 0 saturated carbocycles. The number of sulfonamides is 1. The van der Waals surface area contributed by atoms with Crippen molar-refractivity contribution in [2.45, 2.75) is 24.8 Å². The van der Waals surface area contributed by atoms with E-state index in [1.807, 2.05) is 0 Å². The van der Waals surface area contributed by atoms with Gasteiger partial charge >= 0.3 is 0 Å². The molecule has 1 unspecified atom stereocenters. The second kappa shape index (κ2) is 10.7. The zero-order valence-electron chi connectivity index (χ0n) is 19.2. The Labute approximate surface area is 208 Å². The van der Waals surface area contributed by atoms with Crippen LogP contribution in [0.15, 0.2) is 71.6 Å². The van der Waals surface area contributed by atoms with Gasteiger partial charge in [0, 0.05) is 20.0 Å². The molecule has 2 amide bonds. The molecular weight excluding hydrogens is 494 g/mol. The highest BCUT2D eigenvalue weighted by molar-refractivity contribution is 7.92. The Morgan fingerprint density at radius 3 is 2.23 bits per heavy atom. The Balaban J connectivity index is 1.66. The summed E-state index contributed by atoms with van der Waals surface area (Å²) in [4.78, 5) is 23.9. The second-order valence-electron chi connectivity index (χ2n) is 7.56. The summed E-state index contributed by atoms with van der Waals surface area (Å²) in [6.07, 6.45) is -0.945. The van der Waals surface area contributed by atoms with Crippen LogP contribution in [-0.2, 0) is 19.6 Å². The van der Waals surface area contributed by atoms with Gasteiger partial charge in [-0.1, -0.05) is 29.8 Å². The van der Waals surface area contributed by atoms with Crippen LogP contribution in [0.3, 0.4) is 0 Å². The number of phenols is 1. The third-order valence-corrected chi connectivity index (χ3v) is 7.05. The number of hydrogen-bond acceptors (Lipinski definition) is 6. The van der Waals surface area contributed by atoms with Gasteiger partial charge in [-0.3, -0.25) is 13.9 Å². The molecule has 0 aliphatic carbocycles. The zero-order valence-corrected chi connectivity index (χ0v) is 20.7. The molecule has 0 saturated heterocycles. The van der Waals surface area contributed by atoms with Gasteiger partial charge in [0.2, 0.25) is 5.91 Å². The largest absolute Gasteiger partial charge is 0.506 e. The maximum absolute atomic E-state index is 12.8. The minimum absolute atomic E-state index is 0.110. The smallest absolute Gasteiger partial charge is 0.265 e. The van der Waals surface area contributed by atoms with Gasteiger partial charge < -0.3 is 20.5 Å².